The van der Waals surface area contributed by atoms with Crippen molar-refractivity contribution in [3.63, 3.8) is 0 Å². The minimum atomic E-state index is -3.65. The van der Waals surface area contributed by atoms with Crippen LogP contribution in [0, 0.1) is 0 Å². The Morgan fingerprint density at radius 3 is 2.46 bits per heavy atom. The fourth-order valence-corrected chi connectivity index (χ4v) is 3.67. The van der Waals surface area contributed by atoms with E-state index in [2.05, 4.69) is 10.3 Å². The van der Waals surface area contributed by atoms with Gasteiger partial charge in [-0.15, -0.1) is 0 Å². The van der Waals surface area contributed by atoms with Crippen molar-refractivity contribution < 1.29 is 17.9 Å². The predicted molar refractivity (Wildman–Crippen MR) is 100 cm³/mol. The van der Waals surface area contributed by atoms with Crippen molar-refractivity contribution in [2.45, 2.75) is 26.4 Å². The summed E-state index contributed by atoms with van der Waals surface area (Å²) in [7, 11) is -3.65. The van der Waals surface area contributed by atoms with Crippen LogP contribution in [-0.2, 0) is 21.4 Å². The Hall–Kier alpha value is -2.61. The van der Waals surface area contributed by atoms with E-state index in [-0.39, 0.29) is 6.54 Å². The van der Waals surface area contributed by atoms with E-state index in [9.17, 15) is 13.2 Å². The number of nitrogens with zero attached hydrogens (tertiary/aromatic N) is 2. The van der Waals surface area contributed by atoms with Gasteiger partial charge in [-0.2, -0.15) is 0 Å². The Morgan fingerprint density at radius 1 is 1.23 bits per heavy atom. The number of ether oxygens (including phenoxy) is 1. The minimum absolute atomic E-state index is 0.227. The molecule has 0 radical (unpaired) electrons. The van der Waals surface area contributed by atoms with Gasteiger partial charge in [-0.3, -0.25) is 14.1 Å². The van der Waals surface area contributed by atoms with Crippen LogP contribution in [0.3, 0.4) is 0 Å². The molecule has 0 saturated heterocycles. The number of hydrogen-bond acceptors (Lipinski definition) is 5. The van der Waals surface area contributed by atoms with Gasteiger partial charge in [0.1, 0.15) is 11.8 Å². The van der Waals surface area contributed by atoms with Gasteiger partial charge in [0.25, 0.3) is 0 Å². The van der Waals surface area contributed by atoms with Crippen LogP contribution in [-0.4, -0.2) is 38.2 Å². The molecule has 0 spiro atoms. The van der Waals surface area contributed by atoms with Crippen molar-refractivity contribution in [3.8, 4) is 5.75 Å². The number of amides is 1. The van der Waals surface area contributed by atoms with Crippen molar-refractivity contribution in [2.75, 3.05) is 17.2 Å². The van der Waals surface area contributed by atoms with Crippen LogP contribution in [0.2, 0.25) is 0 Å². The van der Waals surface area contributed by atoms with Gasteiger partial charge in [0.15, 0.2) is 0 Å². The molecule has 0 aliphatic heterocycles. The van der Waals surface area contributed by atoms with E-state index in [4.69, 9.17) is 4.74 Å². The third-order valence-corrected chi connectivity index (χ3v) is 4.90. The molecule has 1 N–H and O–H groups in total. The first kappa shape index (κ1) is 19.7. The first-order chi connectivity index (χ1) is 12.3. The van der Waals surface area contributed by atoms with Crippen LogP contribution in [0.1, 0.15) is 19.5 Å². The van der Waals surface area contributed by atoms with Crippen LogP contribution in [0.5, 0.6) is 5.75 Å². The van der Waals surface area contributed by atoms with Gasteiger partial charge in [0.05, 0.1) is 30.8 Å². The number of aromatic nitrogens is 1. The topological polar surface area (TPSA) is 88.6 Å². The molecule has 8 heteroatoms. The number of hydrogen-bond donors (Lipinski definition) is 1. The molecule has 7 nitrogen and oxygen atoms in total. The number of pyridine rings is 1. The molecule has 140 valence electrons. The lowest BCUT2D eigenvalue weighted by Crippen LogP contribution is -2.47. The average Bonchev–Trinajstić information content (AvgIpc) is 2.61. The zero-order valence-electron chi connectivity index (χ0n) is 15.0. The van der Waals surface area contributed by atoms with Gasteiger partial charge >= 0.3 is 0 Å². The monoisotopic (exact) mass is 377 g/mol. The van der Waals surface area contributed by atoms with Gasteiger partial charge in [0, 0.05) is 6.20 Å². The molecule has 1 atom stereocenters. The third-order valence-electron chi connectivity index (χ3n) is 3.66. The van der Waals surface area contributed by atoms with E-state index in [1.54, 1.807) is 49.5 Å². The summed E-state index contributed by atoms with van der Waals surface area (Å²) in [6.45, 7) is 4.16. The standard InChI is InChI=1S/C18H23N3O4S/c1-4-25-17-10-8-16(9-11-17)21(26(3,23)24)14(2)18(22)20-13-15-7-5-6-12-19-15/h5-12,14H,4,13H2,1-3H3,(H,20,22)/t14-/m0/s1. The van der Waals surface area contributed by atoms with E-state index >= 15 is 0 Å². The van der Waals surface area contributed by atoms with Crippen LogP contribution in [0.4, 0.5) is 5.69 Å². The molecule has 2 aromatic rings. The molecule has 1 amide bonds. The third kappa shape index (κ3) is 5.19. The number of benzene rings is 1. The van der Waals surface area contributed by atoms with Gasteiger partial charge in [-0.25, -0.2) is 8.42 Å². The smallest absolute Gasteiger partial charge is 0.243 e. The second kappa shape index (κ2) is 8.66. The summed E-state index contributed by atoms with van der Waals surface area (Å²) < 4.78 is 31.0. The molecule has 2 rings (SSSR count). The molecular weight excluding hydrogens is 354 g/mol. The second-order valence-corrected chi connectivity index (χ2v) is 7.56. The van der Waals surface area contributed by atoms with E-state index in [1.807, 2.05) is 13.0 Å². The van der Waals surface area contributed by atoms with E-state index < -0.39 is 22.0 Å². The molecule has 0 unspecified atom stereocenters. The minimum Gasteiger partial charge on any atom is -0.494 e. The van der Waals surface area contributed by atoms with Crippen LogP contribution in [0.25, 0.3) is 0 Å². The number of sulfonamides is 1. The summed E-state index contributed by atoms with van der Waals surface area (Å²) in [5.74, 6) is 0.229. The summed E-state index contributed by atoms with van der Waals surface area (Å²) in [5, 5.41) is 2.72. The maximum absolute atomic E-state index is 12.5. The summed E-state index contributed by atoms with van der Waals surface area (Å²) in [5.41, 5.74) is 1.09. The highest BCUT2D eigenvalue weighted by Crippen LogP contribution is 2.24. The Kier molecular flexibility index (Phi) is 6.57. The molecule has 0 aliphatic rings. The van der Waals surface area contributed by atoms with Gasteiger partial charge in [0.2, 0.25) is 15.9 Å². The zero-order chi connectivity index (χ0) is 19.2. The highest BCUT2D eigenvalue weighted by molar-refractivity contribution is 7.92. The Morgan fingerprint density at radius 2 is 1.92 bits per heavy atom. The lowest BCUT2D eigenvalue weighted by Gasteiger charge is -2.28. The quantitative estimate of drug-likeness (QED) is 0.760. The maximum Gasteiger partial charge on any atom is 0.243 e. The van der Waals surface area contributed by atoms with Gasteiger partial charge in [-0.1, -0.05) is 6.07 Å². The molecular formula is C18H23N3O4S. The molecule has 1 aromatic carbocycles. The number of anilines is 1. The van der Waals surface area contributed by atoms with Crippen LogP contribution >= 0.6 is 0 Å². The lowest BCUT2D eigenvalue weighted by molar-refractivity contribution is -0.122. The van der Waals surface area contributed by atoms with Crippen molar-refractivity contribution in [1.29, 1.82) is 0 Å². The molecule has 0 fully saturated rings. The second-order valence-electron chi connectivity index (χ2n) is 5.70. The average molecular weight is 377 g/mol. The molecule has 1 aromatic heterocycles. The lowest BCUT2D eigenvalue weighted by atomic mass is 10.2. The summed E-state index contributed by atoms with van der Waals surface area (Å²) in [6, 6.07) is 11.1. The fraction of sp³-hybridized carbons (Fsp3) is 0.333. The van der Waals surface area contributed by atoms with Crippen molar-refractivity contribution in [1.82, 2.24) is 10.3 Å². The summed E-state index contributed by atoms with van der Waals surface area (Å²) in [6.07, 6.45) is 2.71. The number of carbonyl (C=O) groups is 1. The first-order valence-electron chi connectivity index (χ1n) is 8.22. The Labute approximate surface area is 154 Å². The van der Waals surface area contributed by atoms with Crippen LogP contribution in [0.15, 0.2) is 48.7 Å². The highest BCUT2D eigenvalue weighted by atomic mass is 32.2. The molecule has 1 heterocycles. The Bertz CT molecular complexity index is 823. The number of rotatable bonds is 8. The highest BCUT2D eigenvalue weighted by Gasteiger charge is 2.29. The molecule has 0 saturated carbocycles. The molecule has 0 aliphatic carbocycles. The largest absolute Gasteiger partial charge is 0.494 e. The first-order valence-corrected chi connectivity index (χ1v) is 10.1. The van der Waals surface area contributed by atoms with Gasteiger partial charge < -0.3 is 10.1 Å². The normalized spacial score (nSPS) is 12.3. The van der Waals surface area contributed by atoms with Crippen LogP contribution < -0.4 is 14.4 Å². The van der Waals surface area contributed by atoms with Crippen molar-refractivity contribution >= 4 is 21.6 Å². The van der Waals surface area contributed by atoms with E-state index in [0.29, 0.717) is 23.7 Å². The van der Waals surface area contributed by atoms with Gasteiger partial charge in [-0.05, 0) is 50.2 Å². The van der Waals surface area contributed by atoms with E-state index in [1.165, 1.54) is 0 Å². The van der Waals surface area contributed by atoms with E-state index in [0.717, 1.165) is 10.6 Å². The Balaban J connectivity index is 2.16. The van der Waals surface area contributed by atoms with Crippen molar-refractivity contribution in [2.24, 2.45) is 0 Å². The maximum atomic E-state index is 12.5. The zero-order valence-corrected chi connectivity index (χ0v) is 15.9. The predicted octanol–water partition coefficient (Wildman–Crippen LogP) is 1.95. The molecule has 26 heavy (non-hydrogen) atoms. The number of nitrogens with one attached hydrogen (secondary N) is 1. The fourth-order valence-electron chi connectivity index (χ4n) is 2.49. The summed E-state index contributed by atoms with van der Waals surface area (Å²) >= 11 is 0. The SMILES string of the molecule is CCOc1ccc(N([C@@H](C)C(=O)NCc2ccccn2)S(C)(=O)=O)cc1. The molecule has 0 bridgehead atoms. The van der Waals surface area contributed by atoms with Crippen molar-refractivity contribution in [3.05, 3.63) is 54.4 Å². The number of carbonyl (C=O) groups excluding carboxylic acids is 1. The summed E-state index contributed by atoms with van der Waals surface area (Å²) in [4.78, 5) is 16.6.